The molecule has 1 aromatic rings. The molecule has 5 nitrogen and oxygen atoms in total. The lowest BCUT2D eigenvalue weighted by Crippen LogP contribution is -2.41. The van der Waals surface area contributed by atoms with Crippen LogP contribution in [-0.4, -0.2) is 30.1 Å². The number of ether oxygens (including phenoxy) is 1. The Balaban J connectivity index is 2.53. The van der Waals surface area contributed by atoms with Crippen molar-refractivity contribution in [3.63, 3.8) is 0 Å². The van der Waals surface area contributed by atoms with Crippen LogP contribution >= 0.6 is 0 Å². The number of methoxy groups -OCH3 is 1. The molecule has 0 aromatic heterocycles. The number of carbonyl (C=O) groups is 2. The lowest BCUT2D eigenvalue weighted by Gasteiger charge is -2.14. The fourth-order valence-electron chi connectivity index (χ4n) is 1.84. The van der Waals surface area contributed by atoms with Crippen LogP contribution in [0.4, 0.5) is 0 Å². The van der Waals surface area contributed by atoms with Gasteiger partial charge < -0.3 is 15.2 Å². The summed E-state index contributed by atoms with van der Waals surface area (Å²) in [4.78, 5) is 22.9. The van der Waals surface area contributed by atoms with E-state index in [2.05, 4.69) is 5.32 Å². The van der Waals surface area contributed by atoms with Crippen LogP contribution in [-0.2, 0) is 16.0 Å². The van der Waals surface area contributed by atoms with Crippen LogP contribution in [0.3, 0.4) is 0 Å². The largest absolute Gasteiger partial charge is 0.497 e. The van der Waals surface area contributed by atoms with Gasteiger partial charge in [0.15, 0.2) is 0 Å². The van der Waals surface area contributed by atoms with E-state index in [9.17, 15) is 9.59 Å². The molecule has 1 aromatic carbocycles. The van der Waals surface area contributed by atoms with Gasteiger partial charge in [0.05, 0.1) is 13.5 Å². The Morgan fingerprint density at radius 2 is 1.95 bits per heavy atom. The topological polar surface area (TPSA) is 75.6 Å². The first-order chi connectivity index (χ1) is 9.56. The number of carbonyl (C=O) groups excluding carboxylic acids is 1. The number of benzene rings is 1. The fraction of sp³-hybridized carbons (Fsp3) is 0.467. The smallest absolute Gasteiger partial charge is 0.326 e. The third-order valence-electron chi connectivity index (χ3n) is 3.00. The molecule has 1 rings (SSSR count). The summed E-state index contributed by atoms with van der Waals surface area (Å²) < 4.78 is 5.04. The Morgan fingerprint density at radius 3 is 2.45 bits per heavy atom. The highest BCUT2D eigenvalue weighted by Gasteiger charge is 2.19. The van der Waals surface area contributed by atoms with Crippen LogP contribution in [0, 0.1) is 0 Å². The first-order valence-electron chi connectivity index (χ1n) is 6.72. The average molecular weight is 279 g/mol. The lowest BCUT2D eigenvalue weighted by atomic mass is 10.1. The van der Waals surface area contributed by atoms with Crippen LogP contribution in [0.1, 0.15) is 31.7 Å². The van der Waals surface area contributed by atoms with Gasteiger partial charge in [-0.3, -0.25) is 4.79 Å². The Morgan fingerprint density at radius 1 is 1.30 bits per heavy atom. The average Bonchev–Trinajstić information content (AvgIpc) is 2.44. The van der Waals surface area contributed by atoms with E-state index >= 15 is 0 Å². The van der Waals surface area contributed by atoms with Gasteiger partial charge >= 0.3 is 5.97 Å². The molecule has 0 saturated heterocycles. The number of unbranched alkanes of at least 4 members (excludes halogenated alkanes) is 1. The maximum absolute atomic E-state index is 11.8. The zero-order valence-corrected chi connectivity index (χ0v) is 11.9. The van der Waals surface area contributed by atoms with Gasteiger partial charge in [-0.1, -0.05) is 31.9 Å². The van der Waals surface area contributed by atoms with Gasteiger partial charge in [0, 0.05) is 0 Å². The molecule has 0 spiro atoms. The summed E-state index contributed by atoms with van der Waals surface area (Å²) in [6.07, 6.45) is 2.30. The van der Waals surface area contributed by atoms with Crippen molar-refractivity contribution in [2.75, 3.05) is 7.11 Å². The molecule has 1 amide bonds. The SMILES string of the molecule is CCCC[C@H](NC(=O)Cc1ccc(OC)cc1)C(=O)O. The molecule has 0 aliphatic heterocycles. The van der Waals surface area contributed by atoms with E-state index in [1.165, 1.54) is 0 Å². The summed E-state index contributed by atoms with van der Waals surface area (Å²) in [6, 6.07) is 6.32. The summed E-state index contributed by atoms with van der Waals surface area (Å²) in [5.74, 6) is -0.541. The third-order valence-corrected chi connectivity index (χ3v) is 3.00. The maximum Gasteiger partial charge on any atom is 0.326 e. The van der Waals surface area contributed by atoms with E-state index < -0.39 is 12.0 Å². The molecule has 1 atom stereocenters. The molecule has 0 bridgehead atoms. The van der Waals surface area contributed by atoms with Crippen LogP contribution in [0.2, 0.25) is 0 Å². The Kier molecular flexibility index (Phi) is 6.56. The number of aliphatic carboxylic acids is 1. The number of amides is 1. The molecule has 0 unspecified atom stereocenters. The van der Waals surface area contributed by atoms with Gasteiger partial charge in [0.25, 0.3) is 0 Å². The monoisotopic (exact) mass is 279 g/mol. The molecule has 0 aliphatic carbocycles. The van der Waals surface area contributed by atoms with Crippen molar-refractivity contribution in [1.29, 1.82) is 0 Å². The number of carboxylic acids is 1. The van der Waals surface area contributed by atoms with Crippen molar-refractivity contribution in [3.05, 3.63) is 29.8 Å². The second-order valence-corrected chi connectivity index (χ2v) is 4.63. The molecule has 0 radical (unpaired) electrons. The van der Waals surface area contributed by atoms with Gasteiger partial charge in [0.2, 0.25) is 5.91 Å². The Bertz CT molecular complexity index is 442. The zero-order valence-electron chi connectivity index (χ0n) is 11.9. The minimum absolute atomic E-state index is 0.167. The van der Waals surface area contributed by atoms with Crippen molar-refractivity contribution in [3.8, 4) is 5.75 Å². The first-order valence-corrected chi connectivity index (χ1v) is 6.72. The molecule has 0 saturated carbocycles. The van der Waals surface area contributed by atoms with E-state index in [4.69, 9.17) is 9.84 Å². The van der Waals surface area contributed by atoms with Crippen LogP contribution in [0.15, 0.2) is 24.3 Å². The highest BCUT2D eigenvalue weighted by atomic mass is 16.5. The van der Waals surface area contributed by atoms with Crippen LogP contribution in [0.25, 0.3) is 0 Å². The number of nitrogens with one attached hydrogen (secondary N) is 1. The second kappa shape index (κ2) is 8.19. The van der Waals surface area contributed by atoms with Crippen LogP contribution < -0.4 is 10.1 Å². The Hall–Kier alpha value is -2.04. The summed E-state index contributed by atoms with van der Waals surface area (Å²) in [5, 5.41) is 11.6. The van der Waals surface area contributed by atoms with Gasteiger partial charge in [-0.25, -0.2) is 4.79 Å². The molecule has 0 aliphatic rings. The highest BCUT2D eigenvalue weighted by molar-refractivity contribution is 5.84. The normalized spacial score (nSPS) is 11.7. The predicted molar refractivity (Wildman–Crippen MR) is 75.8 cm³/mol. The van der Waals surface area contributed by atoms with Gasteiger partial charge in [-0.05, 0) is 24.1 Å². The molecule has 5 heteroatoms. The number of hydrogen-bond acceptors (Lipinski definition) is 3. The number of rotatable bonds is 8. The standard InChI is InChI=1S/C15H21NO4/c1-3-4-5-13(15(18)19)16-14(17)10-11-6-8-12(20-2)9-7-11/h6-9,13H,3-5,10H2,1-2H3,(H,16,17)(H,18,19)/t13-/m0/s1. The first kappa shape index (κ1) is 16.0. The lowest BCUT2D eigenvalue weighted by molar-refractivity contribution is -0.142. The van der Waals surface area contributed by atoms with Crippen molar-refractivity contribution >= 4 is 11.9 Å². The molecule has 2 N–H and O–H groups in total. The van der Waals surface area contributed by atoms with Gasteiger partial charge in [-0.2, -0.15) is 0 Å². The van der Waals surface area contributed by atoms with E-state index in [-0.39, 0.29) is 12.3 Å². The minimum atomic E-state index is -0.985. The number of carboxylic acid groups (broad SMARTS) is 1. The summed E-state index contributed by atoms with van der Waals surface area (Å²) in [5.41, 5.74) is 0.822. The molecule has 20 heavy (non-hydrogen) atoms. The van der Waals surface area contributed by atoms with Gasteiger partial charge in [-0.15, -0.1) is 0 Å². The number of hydrogen-bond donors (Lipinski definition) is 2. The van der Waals surface area contributed by atoms with Crippen molar-refractivity contribution < 1.29 is 19.4 Å². The van der Waals surface area contributed by atoms with E-state index in [1.54, 1.807) is 31.4 Å². The fourth-order valence-corrected chi connectivity index (χ4v) is 1.84. The third kappa shape index (κ3) is 5.30. The van der Waals surface area contributed by atoms with E-state index in [1.807, 2.05) is 6.92 Å². The second-order valence-electron chi connectivity index (χ2n) is 4.63. The molecular weight excluding hydrogens is 258 g/mol. The zero-order chi connectivity index (χ0) is 15.0. The minimum Gasteiger partial charge on any atom is -0.497 e. The summed E-state index contributed by atoms with van der Waals surface area (Å²) in [7, 11) is 1.58. The van der Waals surface area contributed by atoms with Crippen LogP contribution in [0.5, 0.6) is 5.75 Å². The Labute approximate surface area is 118 Å². The van der Waals surface area contributed by atoms with E-state index in [0.29, 0.717) is 6.42 Å². The van der Waals surface area contributed by atoms with Crippen molar-refractivity contribution in [2.45, 2.75) is 38.6 Å². The molecule has 0 heterocycles. The van der Waals surface area contributed by atoms with Crippen molar-refractivity contribution in [1.82, 2.24) is 5.32 Å². The summed E-state index contributed by atoms with van der Waals surface area (Å²) in [6.45, 7) is 1.98. The molecule has 110 valence electrons. The summed E-state index contributed by atoms with van der Waals surface area (Å²) >= 11 is 0. The maximum atomic E-state index is 11.8. The quantitative estimate of drug-likeness (QED) is 0.763. The van der Waals surface area contributed by atoms with Gasteiger partial charge in [0.1, 0.15) is 11.8 Å². The van der Waals surface area contributed by atoms with E-state index in [0.717, 1.165) is 24.2 Å². The predicted octanol–water partition coefficient (Wildman–Crippen LogP) is 2.00. The molecular formula is C15H21NO4. The van der Waals surface area contributed by atoms with Crippen molar-refractivity contribution in [2.24, 2.45) is 0 Å². The highest BCUT2D eigenvalue weighted by Crippen LogP contribution is 2.11. The molecule has 0 fully saturated rings.